The lowest BCUT2D eigenvalue weighted by atomic mass is 10.1. The van der Waals surface area contributed by atoms with Crippen molar-refractivity contribution in [1.29, 1.82) is 0 Å². The Hall–Kier alpha value is -0.510. The third kappa shape index (κ3) is 3.30. The van der Waals surface area contributed by atoms with Gasteiger partial charge >= 0.3 is 0 Å². The highest BCUT2D eigenvalue weighted by molar-refractivity contribution is 9.09. The maximum Gasteiger partial charge on any atom is 0.137 e. The summed E-state index contributed by atoms with van der Waals surface area (Å²) in [6, 6.07) is 8.38. The van der Waals surface area contributed by atoms with Crippen LogP contribution in [0.5, 0.6) is 5.75 Å². The smallest absolute Gasteiger partial charge is 0.137 e. The summed E-state index contributed by atoms with van der Waals surface area (Å²) in [5.41, 5.74) is 2.73. The van der Waals surface area contributed by atoms with Crippen molar-refractivity contribution >= 4 is 38.9 Å². The molecule has 1 aliphatic rings. The number of hydrogen-bond donors (Lipinski definition) is 0. The van der Waals surface area contributed by atoms with Gasteiger partial charge in [0.05, 0.1) is 17.0 Å². The van der Waals surface area contributed by atoms with Gasteiger partial charge in [-0.1, -0.05) is 40.0 Å². The molecular formula is C17H18BrClOS. The molecule has 4 heteroatoms. The molecule has 1 aromatic heterocycles. The number of fused-ring (bicyclic) bond motifs is 1. The molecular weight excluding hydrogens is 368 g/mol. The zero-order chi connectivity index (χ0) is 14.8. The largest absolute Gasteiger partial charge is 0.495 e. The fraction of sp³-hybridized carbons (Fsp3) is 0.412. The second kappa shape index (κ2) is 6.72. The number of thiophene rings is 1. The molecule has 0 spiro atoms. The summed E-state index contributed by atoms with van der Waals surface area (Å²) in [6.45, 7) is 0. The molecule has 1 unspecified atom stereocenters. The summed E-state index contributed by atoms with van der Waals surface area (Å²) >= 11 is 12.0. The zero-order valence-electron chi connectivity index (χ0n) is 12.0. The number of methoxy groups -OCH3 is 1. The van der Waals surface area contributed by atoms with Gasteiger partial charge in [0.2, 0.25) is 0 Å². The highest BCUT2D eigenvalue weighted by Gasteiger charge is 2.18. The lowest BCUT2D eigenvalue weighted by molar-refractivity contribution is 0.415. The molecule has 0 saturated carbocycles. The van der Waals surface area contributed by atoms with Gasteiger partial charge in [-0.05, 0) is 55.0 Å². The molecule has 0 aliphatic heterocycles. The van der Waals surface area contributed by atoms with Crippen LogP contribution in [0, 0.1) is 0 Å². The summed E-state index contributed by atoms with van der Waals surface area (Å²) in [4.78, 5) is 3.16. The average molecular weight is 386 g/mol. The van der Waals surface area contributed by atoms with Gasteiger partial charge in [-0.2, -0.15) is 0 Å². The van der Waals surface area contributed by atoms with Gasteiger partial charge in [0.1, 0.15) is 5.75 Å². The van der Waals surface area contributed by atoms with Crippen molar-refractivity contribution in [3.05, 3.63) is 50.2 Å². The number of rotatable bonds is 3. The lowest BCUT2D eigenvalue weighted by Gasteiger charge is -2.10. The average Bonchev–Trinajstić information content (AvgIpc) is 2.77. The summed E-state index contributed by atoms with van der Waals surface area (Å²) < 4.78 is 5.22. The Morgan fingerprint density at radius 2 is 2.00 bits per heavy atom. The van der Waals surface area contributed by atoms with Crippen molar-refractivity contribution in [2.24, 2.45) is 0 Å². The number of hydrogen-bond acceptors (Lipinski definition) is 2. The number of ether oxygens (including phenoxy) is 1. The van der Waals surface area contributed by atoms with Gasteiger partial charge in [-0.3, -0.25) is 0 Å². The quantitative estimate of drug-likeness (QED) is 0.454. The molecule has 1 heterocycles. The molecule has 1 atom stereocenters. The summed E-state index contributed by atoms with van der Waals surface area (Å²) in [5.74, 6) is 0.724. The minimum absolute atomic E-state index is 0.206. The first-order valence-corrected chi connectivity index (χ1v) is 9.39. The Morgan fingerprint density at radius 3 is 2.76 bits per heavy atom. The van der Waals surface area contributed by atoms with Gasteiger partial charge < -0.3 is 4.74 Å². The maximum absolute atomic E-state index is 6.24. The molecule has 0 N–H and O–H groups in total. The molecule has 3 rings (SSSR count). The molecule has 0 saturated heterocycles. The van der Waals surface area contributed by atoms with Crippen molar-refractivity contribution < 1.29 is 4.74 Å². The van der Waals surface area contributed by atoms with Crippen LogP contribution in [0.4, 0.5) is 0 Å². The Bertz CT molecular complexity index is 614. The van der Waals surface area contributed by atoms with E-state index in [9.17, 15) is 0 Å². The highest BCUT2D eigenvalue weighted by Crippen LogP contribution is 2.40. The highest BCUT2D eigenvalue weighted by atomic mass is 79.9. The van der Waals surface area contributed by atoms with E-state index in [2.05, 4.69) is 28.1 Å². The first-order valence-electron chi connectivity index (χ1n) is 7.28. The number of aryl methyl sites for hydroxylation is 2. The summed E-state index contributed by atoms with van der Waals surface area (Å²) in [7, 11) is 1.64. The molecule has 0 amide bonds. The fourth-order valence-corrected chi connectivity index (χ4v) is 5.05. The van der Waals surface area contributed by atoms with Crippen LogP contribution >= 0.6 is 38.9 Å². The first kappa shape index (κ1) is 15.4. The van der Waals surface area contributed by atoms with Crippen molar-refractivity contribution in [3.8, 4) is 5.75 Å². The van der Waals surface area contributed by atoms with E-state index in [-0.39, 0.29) is 4.83 Å². The molecule has 21 heavy (non-hydrogen) atoms. The zero-order valence-corrected chi connectivity index (χ0v) is 15.2. The van der Waals surface area contributed by atoms with Crippen LogP contribution < -0.4 is 4.74 Å². The second-order valence-electron chi connectivity index (χ2n) is 5.41. The Morgan fingerprint density at radius 1 is 1.19 bits per heavy atom. The van der Waals surface area contributed by atoms with Gasteiger partial charge in [0, 0.05) is 9.75 Å². The Balaban J connectivity index is 1.88. The SMILES string of the molecule is COc1ccc(C(Br)c2cc3c(s2)CCCCC3)cc1Cl. The predicted molar refractivity (Wildman–Crippen MR) is 94.4 cm³/mol. The molecule has 1 nitrogen and oxygen atoms in total. The topological polar surface area (TPSA) is 9.23 Å². The van der Waals surface area contributed by atoms with E-state index >= 15 is 0 Å². The van der Waals surface area contributed by atoms with Crippen LogP contribution in [0.1, 0.15) is 45.0 Å². The number of halogens is 2. The standard InChI is InChI=1S/C17H18BrClOS/c1-20-14-8-7-12(9-13(14)19)17(18)16-10-11-5-3-2-4-6-15(11)21-16/h7-10,17H,2-6H2,1H3. The Kier molecular flexibility index (Phi) is 4.92. The van der Waals surface area contributed by atoms with Crippen LogP contribution in [-0.2, 0) is 12.8 Å². The number of alkyl halides is 1. The van der Waals surface area contributed by atoms with Crippen LogP contribution in [0.15, 0.2) is 24.3 Å². The van der Waals surface area contributed by atoms with E-state index in [4.69, 9.17) is 16.3 Å². The van der Waals surface area contributed by atoms with Crippen LogP contribution in [0.2, 0.25) is 5.02 Å². The van der Waals surface area contributed by atoms with Gasteiger partial charge in [-0.25, -0.2) is 0 Å². The van der Waals surface area contributed by atoms with Crippen LogP contribution in [0.3, 0.4) is 0 Å². The summed E-state index contributed by atoms with van der Waals surface area (Å²) in [6.07, 6.45) is 6.49. The second-order valence-corrected chi connectivity index (χ2v) is 7.91. The molecule has 0 radical (unpaired) electrons. The van der Waals surface area contributed by atoms with Crippen molar-refractivity contribution in [1.82, 2.24) is 0 Å². The van der Waals surface area contributed by atoms with E-state index in [1.165, 1.54) is 42.5 Å². The van der Waals surface area contributed by atoms with E-state index in [0.29, 0.717) is 5.02 Å². The molecule has 1 aliphatic carbocycles. The van der Waals surface area contributed by atoms with Gasteiger partial charge in [-0.15, -0.1) is 11.3 Å². The Labute approximate surface area is 143 Å². The van der Waals surface area contributed by atoms with E-state index in [1.807, 2.05) is 23.5 Å². The molecule has 0 bridgehead atoms. The normalized spacial score (nSPS) is 16.1. The van der Waals surface area contributed by atoms with Crippen molar-refractivity contribution in [3.63, 3.8) is 0 Å². The molecule has 1 aromatic carbocycles. The molecule has 112 valence electrons. The van der Waals surface area contributed by atoms with E-state index in [1.54, 1.807) is 17.6 Å². The molecule has 0 fully saturated rings. The van der Waals surface area contributed by atoms with Crippen molar-refractivity contribution in [2.75, 3.05) is 7.11 Å². The van der Waals surface area contributed by atoms with E-state index in [0.717, 1.165) is 5.75 Å². The van der Waals surface area contributed by atoms with Gasteiger partial charge in [0.25, 0.3) is 0 Å². The lowest BCUT2D eigenvalue weighted by Crippen LogP contribution is -1.92. The third-order valence-corrected chi connectivity index (χ3v) is 6.91. The minimum atomic E-state index is 0.206. The van der Waals surface area contributed by atoms with Crippen LogP contribution in [0.25, 0.3) is 0 Å². The van der Waals surface area contributed by atoms with Gasteiger partial charge in [0.15, 0.2) is 0 Å². The first-order chi connectivity index (χ1) is 10.2. The number of benzene rings is 1. The monoisotopic (exact) mass is 384 g/mol. The third-order valence-electron chi connectivity index (χ3n) is 3.98. The predicted octanol–water partition coefficient (Wildman–Crippen LogP) is 6.16. The van der Waals surface area contributed by atoms with E-state index < -0.39 is 0 Å². The fourth-order valence-electron chi connectivity index (χ4n) is 2.82. The van der Waals surface area contributed by atoms with Crippen LogP contribution in [-0.4, -0.2) is 7.11 Å². The van der Waals surface area contributed by atoms with Crippen molar-refractivity contribution in [2.45, 2.75) is 36.9 Å². The minimum Gasteiger partial charge on any atom is -0.495 e. The summed E-state index contributed by atoms with van der Waals surface area (Å²) in [5, 5.41) is 0.664. The molecule has 2 aromatic rings. The maximum atomic E-state index is 6.24.